The molecular weight excluding hydrogens is 1090 g/mol. The summed E-state index contributed by atoms with van der Waals surface area (Å²) >= 11 is 1.82. The number of esters is 1. The number of alkyl halides is 2. The fourth-order valence-electron chi connectivity index (χ4n) is 11.5. The number of rotatable bonds is 14. The molecule has 5 rings (SSSR count). The summed E-state index contributed by atoms with van der Waals surface area (Å²) in [6.45, 7) is 15.0. The Morgan fingerprint density at radius 1 is 0.987 bits per heavy atom. The topological polar surface area (TPSA) is 262 Å². The van der Waals surface area contributed by atoms with E-state index in [9.17, 15) is 49.4 Å². The van der Waals surface area contributed by atoms with Crippen LogP contribution in [-0.4, -0.2) is 199 Å². The zero-order valence-corrected chi connectivity index (χ0v) is 48.0. The number of hydrogen-bond acceptors (Lipinski definition) is 17. The monoisotopic (exact) mass is 1170 g/mol. The molecule has 0 aliphatic carbocycles. The second-order valence-corrected chi connectivity index (χ2v) is 23.5. The third-order valence-corrected chi connectivity index (χ3v) is 17.8. The van der Waals surface area contributed by atoms with Crippen molar-refractivity contribution in [1.82, 2.24) is 25.4 Å². The minimum atomic E-state index is -1.88. The van der Waals surface area contributed by atoms with Crippen molar-refractivity contribution < 1.29 is 73.1 Å². The Morgan fingerprint density at radius 2 is 1.63 bits per heavy atom. The predicted octanol–water partition coefficient (Wildman–Crippen LogP) is 3.53. The molecule has 0 spiro atoms. The van der Waals surface area contributed by atoms with Crippen LogP contribution in [0.25, 0.3) is 11.1 Å². The molecule has 3 fully saturated rings. The Labute approximate surface area is 455 Å². The highest BCUT2D eigenvalue weighted by atomic mass is 127. The molecule has 0 saturated carbocycles. The maximum absolute atomic E-state index is 14.5. The SMILES string of the molecule is CNC(=O)c1ccc(-c2ccc([C@@H](O)[C@@H](CF)NC(=O)CCN(C)[C@H]3C[C@@H](C)O[C@@H](O[C@@H]4[C@@H](C)C([C@H]5C[C@@](C)(OC)[C@@H](O)[C@H](C)O5)[C@@H](C)C(=O)O[C@H](I)[C@@](C)(O)[C@H](O)[C@@H](C)N(C)C[C@H](C)C[C@@]4(C)O)[C@@H]3O)cc2)cn1. The van der Waals surface area contributed by atoms with Crippen LogP contribution in [0.3, 0.4) is 0 Å². The minimum absolute atomic E-state index is 0.115. The predicted molar refractivity (Wildman–Crippen MR) is 286 cm³/mol. The van der Waals surface area contributed by atoms with Gasteiger partial charge in [-0.15, -0.1) is 0 Å². The number of methoxy groups -OCH3 is 1. The summed E-state index contributed by atoms with van der Waals surface area (Å²) in [5.74, 6) is -4.35. The number of halogens is 2. The van der Waals surface area contributed by atoms with E-state index in [0.29, 0.717) is 18.5 Å². The standard InChI is InChI=1S/C54H85FIN5O14/c1-28-23-52(7,69)47(30(3)42(40-24-53(8,71-13)46(66)33(6)73-40)31(4)49(68)75-51(56)54(9,70)45(65)32(5)61(12)27-28)74-50-44(64)39(22-29(2)72-50)60(11)21-20-41(62)59-38(25-55)43(63)35-16-14-34(15-17-35)36-18-19-37(58-26-36)48(67)57-10/h14-19,26,28-33,38-40,42-47,50-51,63-66,69-70H,20-25,27H2,1-13H3,(H,57,67)(H,59,62)/t28-,29-,30+,31-,32-,33+,38-,39+,40-,42?,43-,44-,45-,46+,47-,50+,51+,52-,53-,54+/m1/s1. The summed E-state index contributed by atoms with van der Waals surface area (Å²) in [5, 5.41) is 75.9. The van der Waals surface area contributed by atoms with Gasteiger partial charge in [-0.2, -0.15) is 0 Å². The zero-order valence-electron chi connectivity index (χ0n) is 45.9. The Kier molecular flexibility index (Phi) is 22.0. The number of likely N-dealkylation sites (N-methyl/N-ethyl adjacent to an activating group) is 2. The molecule has 3 aliphatic rings. The molecule has 0 bridgehead atoms. The van der Waals surface area contributed by atoms with Crippen LogP contribution in [-0.2, 0) is 33.3 Å². The number of benzene rings is 1. The number of carbonyl (C=O) groups is 3. The molecule has 0 radical (unpaired) electrons. The van der Waals surface area contributed by atoms with Crippen LogP contribution in [0.1, 0.15) is 110 Å². The number of nitrogens with one attached hydrogen (secondary N) is 2. The van der Waals surface area contributed by atoms with Crippen LogP contribution in [0.4, 0.5) is 4.39 Å². The molecule has 1 unspecified atom stereocenters. The highest BCUT2D eigenvalue weighted by Crippen LogP contribution is 2.45. The number of pyridine rings is 1. The van der Waals surface area contributed by atoms with Crippen molar-refractivity contribution in [3.8, 4) is 11.1 Å². The fraction of sp³-hybridized carbons (Fsp3) is 0.741. The number of cyclic esters (lactones) is 1. The van der Waals surface area contributed by atoms with E-state index in [2.05, 4.69) is 15.6 Å². The smallest absolute Gasteiger partial charge is 0.310 e. The van der Waals surface area contributed by atoms with E-state index < -0.39 is 130 Å². The maximum Gasteiger partial charge on any atom is 0.310 e. The summed E-state index contributed by atoms with van der Waals surface area (Å²) in [4.78, 5) is 47.7. The highest BCUT2D eigenvalue weighted by Gasteiger charge is 2.55. The van der Waals surface area contributed by atoms with Gasteiger partial charge in [-0.25, -0.2) is 4.39 Å². The molecule has 3 aliphatic heterocycles. The molecule has 2 amide bonds. The van der Waals surface area contributed by atoms with Crippen LogP contribution >= 0.6 is 22.6 Å². The molecule has 3 saturated heterocycles. The van der Waals surface area contributed by atoms with E-state index in [4.69, 9.17) is 23.7 Å². The second-order valence-electron chi connectivity index (χ2n) is 22.3. The van der Waals surface area contributed by atoms with Gasteiger partial charge in [-0.3, -0.25) is 19.4 Å². The molecule has 8 N–H and O–H groups in total. The van der Waals surface area contributed by atoms with E-state index in [1.54, 1.807) is 96.2 Å². The first kappa shape index (κ1) is 62.8. The number of hydrogen-bond donors (Lipinski definition) is 8. The lowest BCUT2D eigenvalue weighted by Gasteiger charge is -2.51. The average Bonchev–Trinajstić information content (AvgIpc) is 3.37. The summed E-state index contributed by atoms with van der Waals surface area (Å²) in [6.07, 6.45) is -7.51. The maximum atomic E-state index is 14.5. The molecule has 424 valence electrons. The van der Waals surface area contributed by atoms with E-state index >= 15 is 0 Å². The Morgan fingerprint density at radius 3 is 2.21 bits per heavy atom. The van der Waals surface area contributed by atoms with Crippen molar-refractivity contribution in [1.29, 1.82) is 0 Å². The average molecular weight is 1170 g/mol. The molecule has 21 heteroatoms. The van der Waals surface area contributed by atoms with Crippen LogP contribution in [0.5, 0.6) is 0 Å². The van der Waals surface area contributed by atoms with Gasteiger partial charge in [-0.05, 0) is 120 Å². The fourth-order valence-corrected chi connectivity index (χ4v) is 12.1. The second kappa shape index (κ2) is 26.3. The van der Waals surface area contributed by atoms with Crippen molar-refractivity contribution in [3.63, 3.8) is 0 Å². The van der Waals surface area contributed by atoms with Crippen LogP contribution in [0.2, 0.25) is 0 Å². The number of nitrogens with zero attached hydrogens (tertiary/aromatic N) is 3. The lowest BCUT2D eigenvalue weighted by Crippen LogP contribution is -2.62. The minimum Gasteiger partial charge on any atom is -0.448 e. The number of aliphatic hydroxyl groups excluding tert-OH is 4. The lowest BCUT2D eigenvalue weighted by molar-refractivity contribution is -0.302. The van der Waals surface area contributed by atoms with Gasteiger partial charge in [0.2, 0.25) is 5.91 Å². The van der Waals surface area contributed by atoms with Crippen molar-refractivity contribution in [2.24, 2.45) is 23.7 Å². The first-order valence-corrected chi connectivity index (χ1v) is 27.3. The van der Waals surface area contributed by atoms with Crippen LogP contribution < -0.4 is 10.6 Å². The van der Waals surface area contributed by atoms with Crippen LogP contribution in [0, 0.1) is 23.7 Å². The number of ether oxygens (including phenoxy) is 5. The number of amides is 2. The molecule has 1 aromatic carbocycles. The number of carbonyl (C=O) groups excluding carboxylic acids is 3. The lowest BCUT2D eigenvalue weighted by atomic mass is 9.68. The molecule has 75 heavy (non-hydrogen) atoms. The van der Waals surface area contributed by atoms with Gasteiger partial charge < -0.3 is 74.8 Å². The largest absolute Gasteiger partial charge is 0.448 e. The van der Waals surface area contributed by atoms with Crippen molar-refractivity contribution in [2.45, 2.75) is 182 Å². The molecule has 2 aromatic rings. The first-order chi connectivity index (χ1) is 35.0. The van der Waals surface area contributed by atoms with E-state index in [1.165, 1.54) is 21.1 Å². The van der Waals surface area contributed by atoms with E-state index in [1.807, 2.05) is 48.3 Å². The molecule has 1 aromatic heterocycles. The Balaban J connectivity index is 1.37. The third-order valence-electron chi connectivity index (χ3n) is 16.3. The van der Waals surface area contributed by atoms with Crippen molar-refractivity contribution >= 4 is 40.4 Å². The van der Waals surface area contributed by atoms with Gasteiger partial charge in [0.15, 0.2) is 10.4 Å². The van der Waals surface area contributed by atoms with Crippen LogP contribution in [0.15, 0.2) is 42.6 Å². The number of aliphatic hydroxyl groups is 6. The van der Waals surface area contributed by atoms with Crippen molar-refractivity contribution in [2.75, 3.05) is 48.0 Å². The third kappa shape index (κ3) is 14.8. The Hall–Kier alpha value is -3.04. The molecule has 20 atom stereocenters. The molecular formula is C54H85FIN5O14. The van der Waals surface area contributed by atoms with Gasteiger partial charge in [-0.1, -0.05) is 51.1 Å². The highest BCUT2D eigenvalue weighted by molar-refractivity contribution is 14.1. The summed E-state index contributed by atoms with van der Waals surface area (Å²) in [7, 11) is 6.55. The summed E-state index contributed by atoms with van der Waals surface area (Å²) < 4.78 is 45.0. The van der Waals surface area contributed by atoms with E-state index in [-0.39, 0.29) is 43.3 Å². The van der Waals surface area contributed by atoms with Gasteiger partial charge in [0.25, 0.3) is 5.91 Å². The number of aromatic nitrogens is 1. The van der Waals surface area contributed by atoms with Gasteiger partial charge >= 0.3 is 5.97 Å². The van der Waals surface area contributed by atoms with Gasteiger partial charge in [0, 0.05) is 69.9 Å². The first-order valence-electron chi connectivity index (χ1n) is 26.1. The zero-order chi connectivity index (χ0) is 56.1. The summed E-state index contributed by atoms with van der Waals surface area (Å²) in [6, 6.07) is 7.56. The van der Waals surface area contributed by atoms with Crippen molar-refractivity contribution in [3.05, 3.63) is 53.9 Å². The normalized spacial score (nSPS) is 38.6. The Bertz CT molecular complexity index is 2180. The van der Waals surface area contributed by atoms with Gasteiger partial charge in [0.1, 0.15) is 42.4 Å². The molecule has 4 heterocycles. The summed E-state index contributed by atoms with van der Waals surface area (Å²) in [5.41, 5.74) is -2.54. The van der Waals surface area contributed by atoms with Gasteiger partial charge in [0.05, 0.1) is 47.6 Å². The van der Waals surface area contributed by atoms with E-state index in [0.717, 1.165) is 11.1 Å². The quantitative estimate of drug-likeness (QED) is 0.0765. The molecule has 19 nitrogen and oxygen atoms in total.